The summed E-state index contributed by atoms with van der Waals surface area (Å²) in [6.07, 6.45) is 3.12. The first kappa shape index (κ1) is 21.4. The van der Waals surface area contributed by atoms with Gasteiger partial charge >= 0.3 is 6.09 Å². The average molecular weight is 435 g/mol. The van der Waals surface area contributed by atoms with Gasteiger partial charge in [0.2, 0.25) is 0 Å². The number of ether oxygens (including phenoxy) is 1. The summed E-state index contributed by atoms with van der Waals surface area (Å²) in [7, 11) is 1.34. The van der Waals surface area contributed by atoms with E-state index in [4.69, 9.17) is 4.74 Å². The predicted octanol–water partition coefficient (Wildman–Crippen LogP) is 3.33. The van der Waals surface area contributed by atoms with Crippen LogP contribution in [0.1, 0.15) is 52.7 Å². The molecule has 2 heterocycles. The topological polar surface area (TPSA) is 128 Å². The molecular formula is C23H26N6O3. The van der Waals surface area contributed by atoms with Crippen molar-refractivity contribution >= 4 is 29.3 Å². The Morgan fingerprint density at radius 1 is 1.25 bits per heavy atom. The van der Waals surface area contributed by atoms with Crippen LogP contribution in [0.3, 0.4) is 0 Å². The fourth-order valence-electron chi connectivity index (χ4n) is 4.35. The molecule has 1 saturated carbocycles. The molecule has 0 radical (unpaired) electrons. The van der Waals surface area contributed by atoms with Crippen LogP contribution in [-0.4, -0.2) is 36.2 Å². The molecule has 166 valence electrons. The maximum absolute atomic E-state index is 12.5. The number of anilines is 3. The quantitative estimate of drug-likeness (QED) is 0.568. The first-order valence-electron chi connectivity index (χ1n) is 10.7. The molecule has 2 aliphatic rings. The van der Waals surface area contributed by atoms with Gasteiger partial charge in [-0.25, -0.2) is 9.78 Å². The summed E-state index contributed by atoms with van der Waals surface area (Å²) in [5.74, 6) is 0.547. The van der Waals surface area contributed by atoms with Crippen molar-refractivity contribution in [2.45, 2.75) is 51.2 Å². The van der Waals surface area contributed by atoms with E-state index in [1.807, 2.05) is 31.2 Å². The lowest BCUT2D eigenvalue weighted by Crippen LogP contribution is -2.48. The maximum atomic E-state index is 12.5. The van der Waals surface area contributed by atoms with Crippen LogP contribution in [0.4, 0.5) is 22.1 Å². The van der Waals surface area contributed by atoms with Gasteiger partial charge in [0, 0.05) is 23.8 Å². The largest absolute Gasteiger partial charge is 0.453 e. The van der Waals surface area contributed by atoms with Crippen molar-refractivity contribution in [1.82, 2.24) is 15.6 Å². The molecule has 1 aromatic carbocycles. The highest BCUT2D eigenvalue weighted by Gasteiger charge is 2.32. The number of amides is 2. The lowest BCUT2D eigenvalue weighted by atomic mass is 9.90. The lowest BCUT2D eigenvalue weighted by Gasteiger charge is -2.33. The molecule has 0 spiro atoms. The van der Waals surface area contributed by atoms with Crippen LogP contribution in [0.15, 0.2) is 24.3 Å². The number of carbonyl (C=O) groups excluding carboxylic acids is 2. The summed E-state index contributed by atoms with van der Waals surface area (Å²) in [6, 6.07) is 9.72. The van der Waals surface area contributed by atoms with Gasteiger partial charge in [-0.1, -0.05) is 25.0 Å². The first-order chi connectivity index (χ1) is 15.5. The molecule has 4 N–H and O–H groups in total. The van der Waals surface area contributed by atoms with Gasteiger partial charge in [-0.05, 0) is 37.5 Å². The Balaban J connectivity index is 1.71. The number of aryl methyl sites for hydroxylation is 1. The second-order valence-electron chi connectivity index (χ2n) is 8.10. The summed E-state index contributed by atoms with van der Waals surface area (Å²) in [5.41, 5.74) is 3.23. The predicted molar refractivity (Wildman–Crippen MR) is 120 cm³/mol. The smallest absolute Gasteiger partial charge is 0.407 e. The van der Waals surface area contributed by atoms with Crippen molar-refractivity contribution in [3.05, 3.63) is 46.5 Å². The number of alkyl carbamates (subject to hydrolysis) is 1. The van der Waals surface area contributed by atoms with E-state index >= 15 is 0 Å². The molecule has 9 nitrogen and oxygen atoms in total. The van der Waals surface area contributed by atoms with Crippen LogP contribution >= 0.6 is 0 Å². The minimum absolute atomic E-state index is 0.114. The standard InChI is InChI=1S/C23H26N6O3/c1-13-6-5-7-14(10-13)26-21-19-16(12-25-22(19)30)15(11-24)20(29-21)27-17-8-3-4-9-18(17)28-23(31)32-2/h5-7,10,17-18H,3-4,8-9,12H2,1-2H3,(H,25,30)(H,28,31)(H2,26,27,29)/t17-,18+/m1/s1. The van der Waals surface area contributed by atoms with Gasteiger partial charge in [0.05, 0.1) is 18.7 Å². The first-order valence-corrected chi connectivity index (χ1v) is 10.7. The maximum Gasteiger partial charge on any atom is 0.407 e. The highest BCUT2D eigenvalue weighted by Crippen LogP contribution is 2.33. The Morgan fingerprint density at radius 2 is 2.03 bits per heavy atom. The van der Waals surface area contributed by atoms with Crippen LogP contribution in [0, 0.1) is 18.3 Å². The zero-order valence-electron chi connectivity index (χ0n) is 18.1. The molecule has 0 bridgehead atoms. The second-order valence-corrected chi connectivity index (χ2v) is 8.10. The number of pyridine rings is 1. The Morgan fingerprint density at radius 3 is 2.75 bits per heavy atom. The minimum Gasteiger partial charge on any atom is -0.453 e. The number of aromatic nitrogens is 1. The molecule has 0 saturated heterocycles. The van der Waals surface area contributed by atoms with Crippen molar-refractivity contribution in [3.8, 4) is 6.07 Å². The second kappa shape index (κ2) is 9.14. The van der Waals surface area contributed by atoms with E-state index in [0.717, 1.165) is 36.9 Å². The SMILES string of the molecule is COC(=O)N[C@H]1CCCC[C@H]1Nc1nc(Nc2cccc(C)c2)c2c(c1C#N)CNC2=O. The fraction of sp³-hybridized carbons (Fsp3) is 0.391. The number of fused-ring (bicyclic) bond motifs is 1. The number of benzene rings is 1. The zero-order valence-corrected chi connectivity index (χ0v) is 18.1. The van der Waals surface area contributed by atoms with Crippen molar-refractivity contribution in [2.24, 2.45) is 0 Å². The van der Waals surface area contributed by atoms with E-state index in [9.17, 15) is 14.9 Å². The van der Waals surface area contributed by atoms with Gasteiger partial charge in [0.15, 0.2) is 0 Å². The number of rotatable bonds is 5. The van der Waals surface area contributed by atoms with Crippen molar-refractivity contribution < 1.29 is 14.3 Å². The Hall–Kier alpha value is -3.80. The third-order valence-electron chi connectivity index (χ3n) is 5.92. The number of nitriles is 1. The van der Waals surface area contributed by atoms with Crippen molar-refractivity contribution in [2.75, 3.05) is 17.7 Å². The summed E-state index contributed by atoms with van der Waals surface area (Å²) < 4.78 is 4.76. The van der Waals surface area contributed by atoms with Crippen LogP contribution in [0.25, 0.3) is 0 Å². The molecule has 2 amide bonds. The summed E-state index contributed by atoms with van der Waals surface area (Å²) >= 11 is 0. The van der Waals surface area contributed by atoms with Gasteiger partial charge in [-0.3, -0.25) is 4.79 Å². The molecule has 2 aromatic rings. The Kier molecular flexibility index (Phi) is 6.12. The Bertz CT molecular complexity index is 1090. The van der Waals surface area contributed by atoms with Crippen LogP contribution < -0.4 is 21.3 Å². The highest BCUT2D eigenvalue weighted by atomic mass is 16.5. The molecule has 2 atom stereocenters. The van der Waals surface area contributed by atoms with Crippen LogP contribution in [0.2, 0.25) is 0 Å². The summed E-state index contributed by atoms with van der Waals surface area (Å²) in [4.78, 5) is 29.0. The van der Waals surface area contributed by atoms with E-state index in [0.29, 0.717) is 28.3 Å². The summed E-state index contributed by atoms with van der Waals surface area (Å²) in [6.45, 7) is 2.25. The van der Waals surface area contributed by atoms with E-state index in [-0.39, 0.29) is 24.5 Å². The molecule has 4 rings (SSSR count). The molecule has 1 fully saturated rings. The zero-order chi connectivity index (χ0) is 22.7. The van der Waals surface area contributed by atoms with Gasteiger partial charge in [0.25, 0.3) is 5.91 Å². The summed E-state index contributed by atoms with van der Waals surface area (Å²) in [5, 5.41) is 22.2. The van der Waals surface area contributed by atoms with Gasteiger partial charge in [-0.2, -0.15) is 5.26 Å². The highest BCUT2D eigenvalue weighted by molar-refractivity contribution is 6.04. The number of hydrogen-bond acceptors (Lipinski definition) is 7. The van der Waals surface area contributed by atoms with Crippen LogP contribution in [0.5, 0.6) is 0 Å². The molecule has 32 heavy (non-hydrogen) atoms. The fourth-order valence-corrected chi connectivity index (χ4v) is 4.35. The number of nitrogens with zero attached hydrogens (tertiary/aromatic N) is 2. The monoisotopic (exact) mass is 434 g/mol. The Labute approximate surface area is 186 Å². The number of hydrogen-bond donors (Lipinski definition) is 4. The van der Waals surface area contributed by atoms with E-state index in [1.54, 1.807) is 0 Å². The third-order valence-corrected chi connectivity index (χ3v) is 5.92. The van der Waals surface area contributed by atoms with E-state index < -0.39 is 6.09 Å². The molecule has 1 aromatic heterocycles. The molecule has 0 unspecified atom stereocenters. The van der Waals surface area contributed by atoms with Crippen molar-refractivity contribution in [3.63, 3.8) is 0 Å². The van der Waals surface area contributed by atoms with Gasteiger partial charge in [-0.15, -0.1) is 0 Å². The normalized spacial score (nSPS) is 19.3. The molecule has 1 aliphatic heterocycles. The number of carbonyl (C=O) groups is 2. The number of methoxy groups -OCH3 is 1. The molecular weight excluding hydrogens is 408 g/mol. The third kappa shape index (κ3) is 4.30. The van der Waals surface area contributed by atoms with Crippen LogP contribution in [-0.2, 0) is 11.3 Å². The average Bonchev–Trinajstić information content (AvgIpc) is 3.17. The molecule has 1 aliphatic carbocycles. The minimum atomic E-state index is -0.484. The lowest BCUT2D eigenvalue weighted by molar-refractivity contribution is 0.0966. The van der Waals surface area contributed by atoms with E-state index in [2.05, 4.69) is 32.3 Å². The van der Waals surface area contributed by atoms with E-state index in [1.165, 1.54) is 7.11 Å². The molecule has 9 heteroatoms. The van der Waals surface area contributed by atoms with Crippen molar-refractivity contribution in [1.29, 1.82) is 5.26 Å². The number of nitrogens with one attached hydrogen (secondary N) is 4. The van der Waals surface area contributed by atoms with Gasteiger partial charge in [0.1, 0.15) is 23.3 Å². The van der Waals surface area contributed by atoms with Gasteiger partial charge < -0.3 is 26.0 Å².